The summed E-state index contributed by atoms with van der Waals surface area (Å²) in [6, 6.07) is 0. The normalized spacial score (nSPS) is 20.2. The smallest absolute Gasteiger partial charge is 0.338 e. The lowest BCUT2D eigenvalue weighted by molar-refractivity contribution is -0.174. The SMILES string of the molecule is C[Si](OC(F)C(F)F)(OC(F)C(F)F)OC(F)C(F)F. The largest absolute Gasteiger partial charge is 0.504 e. The molecule has 0 aromatic carbocycles. The standard InChI is InChI=1S/C7H9F9O3Si/c1-20(17-5(14)2(8)9,18-6(15)3(10)11)19-7(16)4(12)13/h2-7H,1H3. The van der Waals surface area contributed by atoms with Crippen LogP contribution in [0.5, 0.6) is 0 Å². The minimum absolute atomic E-state index is 0.311. The molecule has 0 rings (SSSR count). The fraction of sp³-hybridized carbons (Fsp3) is 1.00. The molecule has 0 saturated heterocycles. The van der Waals surface area contributed by atoms with Crippen molar-refractivity contribution in [3.8, 4) is 0 Å². The van der Waals surface area contributed by atoms with Gasteiger partial charge in [-0.2, -0.15) is 0 Å². The van der Waals surface area contributed by atoms with Crippen molar-refractivity contribution in [2.45, 2.75) is 44.9 Å². The summed E-state index contributed by atoms with van der Waals surface area (Å²) in [5.41, 5.74) is 0. The molecule has 0 radical (unpaired) electrons. The summed E-state index contributed by atoms with van der Waals surface area (Å²) in [5.74, 6) is 0. The van der Waals surface area contributed by atoms with Gasteiger partial charge in [-0.25, -0.2) is 39.5 Å². The van der Waals surface area contributed by atoms with Crippen LogP contribution in [0.4, 0.5) is 39.5 Å². The van der Waals surface area contributed by atoms with Crippen LogP contribution in [0.15, 0.2) is 0 Å². The Morgan fingerprint density at radius 2 is 0.750 bits per heavy atom. The molecule has 0 aromatic heterocycles. The number of alkyl halides is 9. The van der Waals surface area contributed by atoms with Crippen LogP contribution >= 0.6 is 0 Å². The maximum atomic E-state index is 12.6. The summed E-state index contributed by atoms with van der Waals surface area (Å²) >= 11 is 0. The first kappa shape index (κ1) is 19.5. The van der Waals surface area contributed by atoms with E-state index in [2.05, 4.69) is 13.3 Å². The summed E-state index contributed by atoms with van der Waals surface area (Å²) < 4.78 is 120. The van der Waals surface area contributed by atoms with Gasteiger partial charge in [-0.1, -0.05) is 0 Å². The highest BCUT2D eigenvalue weighted by Gasteiger charge is 2.48. The first-order valence-electron chi connectivity index (χ1n) is 4.78. The lowest BCUT2D eigenvalue weighted by Gasteiger charge is -2.29. The van der Waals surface area contributed by atoms with E-state index in [1.165, 1.54) is 0 Å². The first-order chi connectivity index (χ1) is 8.98. The molecule has 3 nitrogen and oxygen atoms in total. The van der Waals surface area contributed by atoms with Crippen LogP contribution in [0.25, 0.3) is 0 Å². The highest BCUT2D eigenvalue weighted by atomic mass is 28.4. The van der Waals surface area contributed by atoms with Gasteiger partial charge in [0.2, 0.25) is 0 Å². The molecule has 0 aliphatic rings. The summed E-state index contributed by atoms with van der Waals surface area (Å²) in [6.07, 6.45) is -22.0. The second-order valence-corrected chi connectivity index (χ2v) is 5.70. The zero-order valence-electron chi connectivity index (χ0n) is 9.59. The van der Waals surface area contributed by atoms with Crippen LogP contribution in [0.3, 0.4) is 0 Å². The van der Waals surface area contributed by atoms with E-state index >= 15 is 0 Å². The Hall–Kier alpha value is -0.533. The Kier molecular flexibility index (Phi) is 7.83. The molecule has 0 N–H and O–H groups in total. The predicted molar refractivity (Wildman–Crippen MR) is 47.6 cm³/mol. The molecule has 0 saturated carbocycles. The Balaban J connectivity index is 4.92. The molecule has 3 atom stereocenters. The molecule has 0 aliphatic carbocycles. The Labute approximate surface area is 108 Å². The quantitative estimate of drug-likeness (QED) is 0.476. The van der Waals surface area contributed by atoms with Crippen molar-refractivity contribution in [3.05, 3.63) is 0 Å². The molecule has 0 amide bonds. The van der Waals surface area contributed by atoms with Crippen LogP contribution in [0, 0.1) is 0 Å². The number of hydrogen-bond donors (Lipinski definition) is 0. The van der Waals surface area contributed by atoms with E-state index in [4.69, 9.17) is 0 Å². The zero-order valence-corrected chi connectivity index (χ0v) is 10.6. The summed E-state index contributed by atoms with van der Waals surface area (Å²) in [4.78, 5) is 0. The maximum absolute atomic E-state index is 12.6. The van der Waals surface area contributed by atoms with Gasteiger partial charge in [0.25, 0.3) is 38.3 Å². The molecular formula is C7H9F9O3Si. The molecule has 0 spiro atoms. The van der Waals surface area contributed by atoms with E-state index in [9.17, 15) is 39.5 Å². The molecule has 0 heterocycles. The van der Waals surface area contributed by atoms with Gasteiger partial charge in [-0.05, 0) is 0 Å². The van der Waals surface area contributed by atoms with E-state index in [1.54, 1.807) is 0 Å². The minimum Gasteiger partial charge on any atom is -0.338 e. The van der Waals surface area contributed by atoms with Crippen molar-refractivity contribution in [2.24, 2.45) is 0 Å². The Morgan fingerprint density at radius 3 is 0.900 bits per heavy atom. The molecule has 3 unspecified atom stereocenters. The highest BCUT2D eigenvalue weighted by molar-refractivity contribution is 6.59. The summed E-state index contributed by atoms with van der Waals surface area (Å²) in [6.45, 7) is 0.311. The van der Waals surface area contributed by atoms with Crippen LogP contribution < -0.4 is 0 Å². The second kappa shape index (κ2) is 8.04. The monoisotopic (exact) mass is 340 g/mol. The molecule has 20 heavy (non-hydrogen) atoms. The maximum Gasteiger partial charge on any atom is 0.504 e. The lowest BCUT2D eigenvalue weighted by Crippen LogP contribution is -2.51. The number of hydrogen-bond acceptors (Lipinski definition) is 3. The average molecular weight is 340 g/mol. The minimum atomic E-state index is -5.19. The molecule has 0 bridgehead atoms. The highest BCUT2D eigenvalue weighted by Crippen LogP contribution is 2.24. The third-order valence-corrected chi connectivity index (χ3v) is 3.53. The van der Waals surface area contributed by atoms with E-state index in [0.29, 0.717) is 6.55 Å². The first-order valence-corrected chi connectivity index (χ1v) is 7.01. The van der Waals surface area contributed by atoms with Gasteiger partial charge in [0, 0.05) is 6.55 Å². The molecule has 0 fully saturated rings. The second-order valence-electron chi connectivity index (χ2n) is 3.27. The number of halogens is 9. The van der Waals surface area contributed by atoms with E-state index in [-0.39, 0.29) is 0 Å². The van der Waals surface area contributed by atoms with E-state index < -0.39 is 47.2 Å². The van der Waals surface area contributed by atoms with Gasteiger partial charge in [-0.3, -0.25) is 0 Å². The van der Waals surface area contributed by atoms with Crippen molar-refractivity contribution < 1.29 is 52.8 Å². The van der Waals surface area contributed by atoms with Crippen molar-refractivity contribution in [1.29, 1.82) is 0 Å². The topological polar surface area (TPSA) is 27.7 Å². The molecule has 13 heteroatoms. The fourth-order valence-corrected chi connectivity index (χ4v) is 2.55. The van der Waals surface area contributed by atoms with Gasteiger partial charge in [0.05, 0.1) is 0 Å². The van der Waals surface area contributed by atoms with Gasteiger partial charge in [-0.15, -0.1) is 0 Å². The van der Waals surface area contributed by atoms with Crippen molar-refractivity contribution >= 4 is 8.80 Å². The van der Waals surface area contributed by atoms with Gasteiger partial charge < -0.3 is 13.3 Å². The van der Waals surface area contributed by atoms with Crippen LogP contribution in [0.2, 0.25) is 6.55 Å². The summed E-state index contributed by atoms with van der Waals surface area (Å²) in [5, 5.41) is 0. The molecular weight excluding hydrogens is 331 g/mol. The van der Waals surface area contributed by atoms with Crippen molar-refractivity contribution in [2.75, 3.05) is 0 Å². The average Bonchev–Trinajstić information content (AvgIpc) is 2.27. The van der Waals surface area contributed by atoms with Gasteiger partial charge in [0.1, 0.15) is 0 Å². The summed E-state index contributed by atoms with van der Waals surface area (Å²) in [7, 11) is -5.19. The third-order valence-electron chi connectivity index (χ3n) is 1.57. The Bertz CT molecular complexity index is 241. The van der Waals surface area contributed by atoms with Crippen molar-refractivity contribution in [1.82, 2.24) is 0 Å². The third kappa shape index (κ3) is 6.76. The van der Waals surface area contributed by atoms with Gasteiger partial charge >= 0.3 is 8.80 Å². The van der Waals surface area contributed by atoms with Crippen molar-refractivity contribution in [3.63, 3.8) is 0 Å². The van der Waals surface area contributed by atoms with Crippen LogP contribution in [0.1, 0.15) is 0 Å². The zero-order chi connectivity index (χ0) is 16.1. The molecule has 122 valence electrons. The van der Waals surface area contributed by atoms with E-state index in [0.717, 1.165) is 0 Å². The molecule has 0 aliphatic heterocycles. The predicted octanol–water partition coefficient (Wildman–Crippen LogP) is 3.29. The van der Waals surface area contributed by atoms with E-state index in [1.807, 2.05) is 0 Å². The lowest BCUT2D eigenvalue weighted by atomic mass is 10.7. The van der Waals surface area contributed by atoms with Crippen LogP contribution in [-0.4, -0.2) is 47.2 Å². The fourth-order valence-electron chi connectivity index (χ4n) is 0.851. The Morgan fingerprint density at radius 1 is 0.550 bits per heavy atom. The van der Waals surface area contributed by atoms with Gasteiger partial charge in [0.15, 0.2) is 0 Å². The van der Waals surface area contributed by atoms with Crippen LogP contribution in [-0.2, 0) is 13.3 Å². The molecule has 0 aromatic rings. The number of rotatable bonds is 9.